The van der Waals surface area contributed by atoms with Gasteiger partial charge in [0, 0.05) is 0 Å². The zero-order valence-electron chi connectivity index (χ0n) is 9.04. The second kappa shape index (κ2) is 3.93. The molecule has 1 fully saturated rings. The van der Waals surface area contributed by atoms with Gasteiger partial charge in [0.15, 0.2) is 0 Å². The largest absolute Gasteiger partial charge is 0.385 e. The highest BCUT2D eigenvalue weighted by Crippen LogP contribution is 2.39. The fraction of sp³-hybridized carbons (Fsp3) is 0.538. The molecule has 1 saturated carbocycles. The molecule has 0 saturated heterocycles. The van der Waals surface area contributed by atoms with Crippen LogP contribution in [0, 0.1) is 11.7 Å². The normalized spacial score (nSPS) is 31.5. The minimum absolute atomic E-state index is 0.265. The minimum atomic E-state index is -0.806. The number of hydrogen-bond donors (Lipinski definition) is 1. The van der Waals surface area contributed by atoms with E-state index in [1.54, 1.807) is 6.07 Å². The Balaban J connectivity index is 2.28. The Bertz CT molecular complexity index is 350. The molecule has 0 bridgehead atoms. The lowest BCUT2D eigenvalue weighted by molar-refractivity contribution is -0.0181. The highest BCUT2D eigenvalue weighted by Gasteiger charge is 2.34. The molecule has 0 radical (unpaired) electrons. The fourth-order valence-corrected chi connectivity index (χ4v) is 2.56. The highest BCUT2D eigenvalue weighted by molar-refractivity contribution is 5.23. The summed E-state index contributed by atoms with van der Waals surface area (Å²) in [4.78, 5) is 0. The van der Waals surface area contributed by atoms with E-state index in [0.717, 1.165) is 31.2 Å². The minimum Gasteiger partial charge on any atom is -0.385 e. The third kappa shape index (κ3) is 2.20. The van der Waals surface area contributed by atoms with Crippen LogP contribution in [0.1, 0.15) is 38.2 Å². The predicted molar refractivity (Wildman–Crippen MR) is 57.9 cm³/mol. The summed E-state index contributed by atoms with van der Waals surface area (Å²) in [6.45, 7) is 2.14. The third-order valence-corrected chi connectivity index (χ3v) is 3.34. The van der Waals surface area contributed by atoms with Gasteiger partial charge >= 0.3 is 0 Å². The summed E-state index contributed by atoms with van der Waals surface area (Å²) < 4.78 is 13.1. The molecule has 0 unspecified atom stereocenters. The molecule has 82 valence electrons. The fourth-order valence-electron chi connectivity index (χ4n) is 2.56. The SMILES string of the molecule is C[C@@H]1CCC[C@](O)(c2cccc(F)c2)C1. The van der Waals surface area contributed by atoms with Crippen molar-refractivity contribution in [1.82, 2.24) is 0 Å². The first-order valence-corrected chi connectivity index (χ1v) is 5.58. The topological polar surface area (TPSA) is 20.2 Å². The van der Waals surface area contributed by atoms with E-state index < -0.39 is 5.60 Å². The summed E-state index contributed by atoms with van der Waals surface area (Å²) in [5, 5.41) is 10.5. The van der Waals surface area contributed by atoms with Crippen LogP contribution in [0.15, 0.2) is 24.3 Å². The molecule has 0 heterocycles. The van der Waals surface area contributed by atoms with Crippen molar-refractivity contribution < 1.29 is 9.50 Å². The monoisotopic (exact) mass is 208 g/mol. The molecule has 15 heavy (non-hydrogen) atoms. The van der Waals surface area contributed by atoms with E-state index in [0.29, 0.717) is 5.92 Å². The van der Waals surface area contributed by atoms with Crippen LogP contribution in [0.3, 0.4) is 0 Å². The van der Waals surface area contributed by atoms with Crippen LogP contribution in [0.2, 0.25) is 0 Å². The summed E-state index contributed by atoms with van der Waals surface area (Å²) in [6.07, 6.45) is 3.68. The Morgan fingerprint density at radius 2 is 2.27 bits per heavy atom. The van der Waals surface area contributed by atoms with Crippen LogP contribution in [0.4, 0.5) is 4.39 Å². The van der Waals surface area contributed by atoms with Gasteiger partial charge in [-0.2, -0.15) is 0 Å². The average molecular weight is 208 g/mol. The molecule has 1 aliphatic rings. The number of halogens is 1. The van der Waals surface area contributed by atoms with E-state index >= 15 is 0 Å². The van der Waals surface area contributed by atoms with Crippen molar-refractivity contribution in [2.24, 2.45) is 5.92 Å². The molecule has 2 atom stereocenters. The molecular weight excluding hydrogens is 191 g/mol. The first-order valence-electron chi connectivity index (χ1n) is 5.58. The Kier molecular flexibility index (Phi) is 2.79. The van der Waals surface area contributed by atoms with E-state index in [1.807, 2.05) is 6.07 Å². The number of benzene rings is 1. The summed E-state index contributed by atoms with van der Waals surface area (Å²) >= 11 is 0. The predicted octanol–water partition coefficient (Wildman–Crippen LogP) is 3.22. The molecule has 2 rings (SSSR count). The zero-order chi connectivity index (χ0) is 10.9. The zero-order valence-corrected chi connectivity index (χ0v) is 9.04. The Morgan fingerprint density at radius 3 is 2.93 bits per heavy atom. The lowest BCUT2D eigenvalue weighted by Crippen LogP contribution is -2.31. The van der Waals surface area contributed by atoms with Gasteiger partial charge in [0.1, 0.15) is 5.82 Å². The van der Waals surface area contributed by atoms with Crippen molar-refractivity contribution in [2.45, 2.75) is 38.2 Å². The van der Waals surface area contributed by atoms with Gasteiger partial charge in [0.25, 0.3) is 0 Å². The average Bonchev–Trinajstić information content (AvgIpc) is 2.17. The maximum absolute atomic E-state index is 13.1. The summed E-state index contributed by atoms with van der Waals surface area (Å²) in [6, 6.07) is 6.36. The van der Waals surface area contributed by atoms with Crippen LogP contribution in [-0.4, -0.2) is 5.11 Å². The summed E-state index contributed by atoms with van der Waals surface area (Å²) in [5.74, 6) is 0.256. The second-order valence-electron chi connectivity index (χ2n) is 4.74. The quantitative estimate of drug-likeness (QED) is 0.751. The highest BCUT2D eigenvalue weighted by atomic mass is 19.1. The van der Waals surface area contributed by atoms with E-state index in [-0.39, 0.29) is 5.82 Å². The number of rotatable bonds is 1. The van der Waals surface area contributed by atoms with Crippen LogP contribution < -0.4 is 0 Å². The van der Waals surface area contributed by atoms with E-state index in [4.69, 9.17) is 0 Å². The van der Waals surface area contributed by atoms with E-state index in [2.05, 4.69) is 6.92 Å². The van der Waals surface area contributed by atoms with Gasteiger partial charge in [-0.15, -0.1) is 0 Å². The molecule has 1 nitrogen and oxygen atoms in total. The summed E-state index contributed by atoms with van der Waals surface area (Å²) in [5.41, 5.74) is -0.0752. The van der Waals surface area contributed by atoms with Crippen LogP contribution >= 0.6 is 0 Å². The number of aliphatic hydroxyl groups is 1. The van der Waals surface area contributed by atoms with Gasteiger partial charge in [-0.3, -0.25) is 0 Å². The van der Waals surface area contributed by atoms with Gasteiger partial charge in [0.05, 0.1) is 5.60 Å². The molecule has 1 aliphatic carbocycles. The number of hydrogen-bond acceptors (Lipinski definition) is 1. The molecular formula is C13H17FO. The Morgan fingerprint density at radius 1 is 1.47 bits per heavy atom. The lowest BCUT2D eigenvalue weighted by Gasteiger charge is -2.36. The van der Waals surface area contributed by atoms with Gasteiger partial charge < -0.3 is 5.11 Å². The van der Waals surface area contributed by atoms with Gasteiger partial charge in [-0.25, -0.2) is 4.39 Å². The van der Waals surface area contributed by atoms with E-state index in [9.17, 15) is 9.50 Å². The molecule has 1 aromatic rings. The van der Waals surface area contributed by atoms with Crippen molar-refractivity contribution in [3.63, 3.8) is 0 Å². The Hall–Kier alpha value is -0.890. The van der Waals surface area contributed by atoms with Crippen molar-refractivity contribution in [2.75, 3.05) is 0 Å². The van der Waals surface area contributed by atoms with Gasteiger partial charge in [-0.05, 0) is 42.9 Å². The maximum Gasteiger partial charge on any atom is 0.123 e. The van der Waals surface area contributed by atoms with Crippen LogP contribution in [0.5, 0.6) is 0 Å². The van der Waals surface area contributed by atoms with Crippen LogP contribution in [0.25, 0.3) is 0 Å². The van der Waals surface area contributed by atoms with E-state index in [1.165, 1.54) is 12.1 Å². The van der Waals surface area contributed by atoms with Crippen LogP contribution in [-0.2, 0) is 5.60 Å². The smallest absolute Gasteiger partial charge is 0.123 e. The first kappa shape index (κ1) is 10.6. The molecule has 0 aromatic heterocycles. The molecule has 2 heteroatoms. The van der Waals surface area contributed by atoms with Gasteiger partial charge in [-0.1, -0.05) is 25.5 Å². The molecule has 1 aromatic carbocycles. The molecule has 0 amide bonds. The van der Waals surface area contributed by atoms with Crippen molar-refractivity contribution >= 4 is 0 Å². The van der Waals surface area contributed by atoms with Crippen molar-refractivity contribution in [3.8, 4) is 0 Å². The third-order valence-electron chi connectivity index (χ3n) is 3.34. The second-order valence-corrected chi connectivity index (χ2v) is 4.74. The molecule has 1 N–H and O–H groups in total. The first-order chi connectivity index (χ1) is 7.10. The van der Waals surface area contributed by atoms with Crippen molar-refractivity contribution in [3.05, 3.63) is 35.6 Å². The Labute approximate surface area is 89.9 Å². The van der Waals surface area contributed by atoms with Gasteiger partial charge in [0.2, 0.25) is 0 Å². The van der Waals surface area contributed by atoms with Crippen molar-refractivity contribution in [1.29, 1.82) is 0 Å². The molecule has 0 aliphatic heterocycles. The maximum atomic E-state index is 13.1. The standard InChI is InChI=1S/C13H17FO/c1-10-4-3-7-13(15,9-10)11-5-2-6-12(14)8-11/h2,5-6,8,10,15H,3-4,7,9H2,1H3/t10-,13-/m1/s1. The molecule has 0 spiro atoms. The summed E-state index contributed by atoms with van der Waals surface area (Å²) in [7, 11) is 0. The lowest BCUT2D eigenvalue weighted by atomic mass is 9.75.